The Morgan fingerprint density at radius 2 is 1.83 bits per heavy atom. The standard InChI is InChI=1S/C17H17Cl2N3O/c18-14-5-4-13(11-15(14)19)16(23)12-21-7-9-22(10-8-21)17-3-1-2-6-20-17/h1-6,11H,7-10,12H2. The minimum absolute atomic E-state index is 0.0647. The van der Waals surface area contributed by atoms with Crippen LogP contribution in [0.1, 0.15) is 10.4 Å². The summed E-state index contributed by atoms with van der Waals surface area (Å²) in [6, 6.07) is 10.9. The molecule has 6 heteroatoms. The molecule has 0 unspecified atom stereocenters. The van der Waals surface area contributed by atoms with Crippen LogP contribution in [0.15, 0.2) is 42.6 Å². The van der Waals surface area contributed by atoms with E-state index in [2.05, 4.69) is 14.8 Å². The van der Waals surface area contributed by atoms with Gasteiger partial charge in [0.1, 0.15) is 5.82 Å². The molecule has 1 fully saturated rings. The number of benzene rings is 1. The number of piperazine rings is 1. The number of carbonyl (C=O) groups excluding carboxylic acids is 1. The summed E-state index contributed by atoms with van der Waals surface area (Å²) in [4.78, 5) is 21.1. The molecule has 1 saturated heterocycles. The van der Waals surface area contributed by atoms with Crippen molar-refractivity contribution in [2.75, 3.05) is 37.6 Å². The van der Waals surface area contributed by atoms with Crippen LogP contribution in [0.2, 0.25) is 10.0 Å². The maximum Gasteiger partial charge on any atom is 0.176 e. The van der Waals surface area contributed by atoms with E-state index in [0.29, 0.717) is 22.2 Å². The van der Waals surface area contributed by atoms with Gasteiger partial charge in [0.05, 0.1) is 16.6 Å². The van der Waals surface area contributed by atoms with Crippen LogP contribution in [0.5, 0.6) is 0 Å². The lowest BCUT2D eigenvalue weighted by atomic mass is 10.1. The number of hydrogen-bond acceptors (Lipinski definition) is 4. The number of carbonyl (C=O) groups is 1. The Kier molecular flexibility index (Phi) is 5.16. The number of anilines is 1. The van der Waals surface area contributed by atoms with Gasteiger partial charge in [-0.1, -0.05) is 29.3 Å². The molecule has 1 aliphatic heterocycles. The highest BCUT2D eigenvalue weighted by Gasteiger charge is 2.20. The number of aromatic nitrogens is 1. The van der Waals surface area contributed by atoms with Crippen LogP contribution >= 0.6 is 23.2 Å². The third-order valence-corrected chi connectivity index (χ3v) is 4.69. The van der Waals surface area contributed by atoms with Gasteiger partial charge < -0.3 is 4.90 Å². The third-order valence-electron chi connectivity index (χ3n) is 3.95. The summed E-state index contributed by atoms with van der Waals surface area (Å²) in [7, 11) is 0. The molecule has 1 aliphatic rings. The van der Waals surface area contributed by atoms with Crippen LogP contribution in [0.25, 0.3) is 0 Å². The average Bonchev–Trinajstić information content (AvgIpc) is 2.59. The molecule has 0 amide bonds. The number of Topliss-reactive ketones (excluding diaryl/α,β-unsaturated/α-hetero) is 1. The second-order valence-electron chi connectivity index (χ2n) is 5.50. The van der Waals surface area contributed by atoms with Crippen LogP contribution in [0, 0.1) is 0 Å². The Hall–Kier alpha value is -1.62. The first-order valence-electron chi connectivity index (χ1n) is 7.50. The highest BCUT2D eigenvalue weighted by atomic mass is 35.5. The van der Waals surface area contributed by atoms with E-state index in [0.717, 1.165) is 32.0 Å². The first-order valence-corrected chi connectivity index (χ1v) is 8.25. The van der Waals surface area contributed by atoms with Crippen molar-refractivity contribution in [3.8, 4) is 0 Å². The fourth-order valence-corrected chi connectivity index (χ4v) is 2.94. The fraction of sp³-hybridized carbons (Fsp3) is 0.294. The smallest absolute Gasteiger partial charge is 0.176 e. The van der Waals surface area contributed by atoms with Crippen LogP contribution in [0.3, 0.4) is 0 Å². The lowest BCUT2D eigenvalue weighted by Crippen LogP contribution is -2.48. The summed E-state index contributed by atoms with van der Waals surface area (Å²) in [6.07, 6.45) is 1.80. The third kappa shape index (κ3) is 4.02. The monoisotopic (exact) mass is 349 g/mol. The summed E-state index contributed by atoms with van der Waals surface area (Å²) in [5.41, 5.74) is 0.603. The molecule has 2 aromatic rings. The molecule has 1 aromatic carbocycles. The Morgan fingerprint density at radius 1 is 1.04 bits per heavy atom. The zero-order valence-corrected chi connectivity index (χ0v) is 14.1. The Morgan fingerprint density at radius 3 is 2.48 bits per heavy atom. The van der Waals surface area contributed by atoms with E-state index in [1.54, 1.807) is 24.4 Å². The summed E-state index contributed by atoms with van der Waals surface area (Å²) >= 11 is 11.9. The van der Waals surface area contributed by atoms with Gasteiger partial charge in [-0.15, -0.1) is 0 Å². The maximum absolute atomic E-state index is 12.4. The van der Waals surface area contributed by atoms with E-state index in [1.807, 2.05) is 18.2 Å². The van der Waals surface area contributed by atoms with Crippen molar-refractivity contribution < 1.29 is 4.79 Å². The fourth-order valence-electron chi connectivity index (χ4n) is 2.64. The Labute approximate surface area is 145 Å². The van der Waals surface area contributed by atoms with Gasteiger partial charge in [0.25, 0.3) is 0 Å². The lowest BCUT2D eigenvalue weighted by Gasteiger charge is -2.35. The highest BCUT2D eigenvalue weighted by molar-refractivity contribution is 6.42. The quantitative estimate of drug-likeness (QED) is 0.792. The van der Waals surface area contributed by atoms with Crippen molar-refractivity contribution in [3.05, 3.63) is 58.2 Å². The molecular formula is C17H17Cl2N3O. The van der Waals surface area contributed by atoms with Gasteiger partial charge in [-0.25, -0.2) is 4.98 Å². The number of halogens is 2. The van der Waals surface area contributed by atoms with Gasteiger partial charge in [0, 0.05) is 37.9 Å². The molecule has 3 rings (SSSR count). The highest BCUT2D eigenvalue weighted by Crippen LogP contribution is 2.23. The van der Waals surface area contributed by atoms with E-state index in [1.165, 1.54) is 0 Å². The predicted octanol–water partition coefficient (Wildman–Crippen LogP) is 3.39. The minimum Gasteiger partial charge on any atom is -0.354 e. The van der Waals surface area contributed by atoms with Crippen molar-refractivity contribution in [2.45, 2.75) is 0 Å². The van der Waals surface area contributed by atoms with E-state index in [4.69, 9.17) is 23.2 Å². The molecule has 2 heterocycles. The summed E-state index contributed by atoms with van der Waals surface area (Å²) in [5, 5.41) is 0.879. The predicted molar refractivity (Wildman–Crippen MR) is 93.7 cm³/mol. The van der Waals surface area contributed by atoms with Gasteiger partial charge in [0.2, 0.25) is 0 Å². The van der Waals surface area contributed by atoms with E-state index in [-0.39, 0.29) is 5.78 Å². The number of ketones is 1. The van der Waals surface area contributed by atoms with Crippen LogP contribution in [0.4, 0.5) is 5.82 Å². The van der Waals surface area contributed by atoms with Crippen molar-refractivity contribution in [1.29, 1.82) is 0 Å². The second kappa shape index (κ2) is 7.30. The van der Waals surface area contributed by atoms with Crippen LogP contribution < -0.4 is 4.90 Å². The molecule has 0 radical (unpaired) electrons. The molecule has 0 bridgehead atoms. The van der Waals surface area contributed by atoms with Crippen molar-refractivity contribution >= 4 is 34.8 Å². The van der Waals surface area contributed by atoms with E-state index in [9.17, 15) is 4.79 Å². The summed E-state index contributed by atoms with van der Waals surface area (Å²) in [6.45, 7) is 3.80. The Balaban J connectivity index is 1.56. The van der Waals surface area contributed by atoms with Crippen molar-refractivity contribution in [2.24, 2.45) is 0 Å². The number of pyridine rings is 1. The maximum atomic E-state index is 12.4. The minimum atomic E-state index is 0.0647. The molecule has 120 valence electrons. The van der Waals surface area contributed by atoms with E-state index < -0.39 is 0 Å². The number of hydrogen-bond donors (Lipinski definition) is 0. The summed E-state index contributed by atoms with van der Waals surface area (Å²) in [5.74, 6) is 1.05. The van der Waals surface area contributed by atoms with Crippen LogP contribution in [-0.2, 0) is 0 Å². The molecule has 0 saturated carbocycles. The number of nitrogens with zero attached hydrogens (tertiary/aromatic N) is 3. The van der Waals surface area contributed by atoms with Gasteiger partial charge in [-0.3, -0.25) is 9.69 Å². The van der Waals surface area contributed by atoms with Gasteiger partial charge in [0.15, 0.2) is 5.78 Å². The molecule has 23 heavy (non-hydrogen) atoms. The zero-order valence-electron chi connectivity index (χ0n) is 12.6. The molecule has 1 aromatic heterocycles. The van der Waals surface area contributed by atoms with Crippen LogP contribution in [-0.4, -0.2) is 48.4 Å². The van der Waals surface area contributed by atoms with Crippen molar-refractivity contribution in [3.63, 3.8) is 0 Å². The average molecular weight is 350 g/mol. The SMILES string of the molecule is O=C(CN1CCN(c2ccccn2)CC1)c1ccc(Cl)c(Cl)c1. The topological polar surface area (TPSA) is 36.4 Å². The zero-order chi connectivity index (χ0) is 16.2. The molecule has 0 spiro atoms. The molecule has 0 N–H and O–H groups in total. The Bertz CT molecular complexity index is 685. The van der Waals surface area contributed by atoms with Gasteiger partial charge >= 0.3 is 0 Å². The van der Waals surface area contributed by atoms with E-state index >= 15 is 0 Å². The lowest BCUT2D eigenvalue weighted by molar-refractivity contribution is 0.0926. The molecule has 0 atom stereocenters. The molecule has 4 nitrogen and oxygen atoms in total. The van der Waals surface area contributed by atoms with Crippen molar-refractivity contribution in [1.82, 2.24) is 9.88 Å². The molecular weight excluding hydrogens is 333 g/mol. The largest absolute Gasteiger partial charge is 0.354 e. The first-order chi connectivity index (χ1) is 11.1. The normalized spacial score (nSPS) is 15.7. The number of rotatable bonds is 4. The van der Waals surface area contributed by atoms with Gasteiger partial charge in [-0.2, -0.15) is 0 Å². The van der Waals surface area contributed by atoms with Gasteiger partial charge in [-0.05, 0) is 30.3 Å². The second-order valence-corrected chi connectivity index (χ2v) is 6.32. The molecule has 0 aliphatic carbocycles. The summed E-state index contributed by atoms with van der Waals surface area (Å²) < 4.78 is 0. The first kappa shape index (κ1) is 16.2.